The molecule has 0 aliphatic rings. The number of rotatable bonds is 7. The molecule has 2 aromatic rings. The fourth-order valence-electron chi connectivity index (χ4n) is 2.38. The molecule has 0 amide bonds. The maximum atomic E-state index is 13.0. The van der Waals surface area contributed by atoms with E-state index in [1.807, 2.05) is 24.3 Å². The second-order valence-corrected chi connectivity index (χ2v) is 5.06. The van der Waals surface area contributed by atoms with Gasteiger partial charge < -0.3 is 10.1 Å². The summed E-state index contributed by atoms with van der Waals surface area (Å²) in [6.45, 7) is 3.02. The molecule has 112 valence electrons. The van der Waals surface area contributed by atoms with Crippen molar-refractivity contribution in [2.45, 2.75) is 25.8 Å². The molecule has 3 heteroatoms. The Morgan fingerprint density at radius 3 is 2.29 bits per heavy atom. The van der Waals surface area contributed by atoms with E-state index in [0.717, 1.165) is 30.7 Å². The summed E-state index contributed by atoms with van der Waals surface area (Å²) in [4.78, 5) is 0. The fraction of sp³-hybridized carbons (Fsp3) is 0.333. The normalized spacial score (nSPS) is 12.1. The Kier molecular flexibility index (Phi) is 5.76. The van der Waals surface area contributed by atoms with Crippen LogP contribution in [0.4, 0.5) is 4.39 Å². The van der Waals surface area contributed by atoms with Gasteiger partial charge in [0.1, 0.15) is 11.6 Å². The molecule has 0 aromatic heterocycles. The maximum absolute atomic E-state index is 13.0. The van der Waals surface area contributed by atoms with Gasteiger partial charge in [0.15, 0.2) is 0 Å². The van der Waals surface area contributed by atoms with Crippen LogP contribution in [-0.2, 0) is 6.42 Å². The first kappa shape index (κ1) is 15.5. The van der Waals surface area contributed by atoms with Gasteiger partial charge >= 0.3 is 0 Å². The minimum atomic E-state index is -0.188. The summed E-state index contributed by atoms with van der Waals surface area (Å²) in [5.41, 5.74) is 2.41. The number of nitrogens with one attached hydrogen (secondary N) is 1. The molecule has 21 heavy (non-hydrogen) atoms. The molecular formula is C18H22FNO. The largest absolute Gasteiger partial charge is 0.497 e. The quantitative estimate of drug-likeness (QED) is 0.827. The molecule has 1 N–H and O–H groups in total. The monoisotopic (exact) mass is 287 g/mol. The molecule has 0 aliphatic carbocycles. The third-order valence-electron chi connectivity index (χ3n) is 3.64. The Labute approximate surface area is 126 Å². The van der Waals surface area contributed by atoms with Crippen molar-refractivity contribution in [3.8, 4) is 5.75 Å². The van der Waals surface area contributed by atoms with Gasteiger partial charge in [-0.1, -0.05) is 31.2 Å². The number of benzene rings is 2. The highest BCUT2D eigenvalue weighted by molar-refractivity contribution is 5.27. The van der Waals surface area contributed by atoms with E-state index in [4.69, 9.17) is 4.74 Å². The topological polar surface area (TPSA) is 21.3 Å². The number of hydrogen-bond donors (Lipinski definition) is 1. The van der Waals surface area contributed by atoms with Crippen LogP contribution in [-0.4, -0.2) is 13.7 Å². The van der Waals surface area contributed by atoms with E-state index >= 15 is 0 Å². The van der Waals surface area contributed by atoms with Crippen LogP contribution in [0.5, 0.6) is 5.75 Å². The number of halogens is 1. The van der Waals surface area contributed by atoms with Crippen LogP contribution in [0.25, 0.3) is 0 Å². The average molecular weight is 287 g/mol. The summed E-state index contributed by atoms with van der Waals surface area (Å²) in [7, 11) is 1.67. The smallest absolute Gasteiger partial charge is 0.123 e. The summed E-state index contributed by atoms with van der Waals surface area (Å²) < 4.78 is 18.1. The van der Waals surface area contributed by atoms with E-state index in [1.165, 1.54) is 17.7 Å². The predicted molar refractivity (Wildman–Crippen MR) is 84.1 cm³/mol. The van der Waals surface area contributed by atoms with Crippen LogP contribution in [0.15, 0.2) is 48.5 Å². The molecule has 2 rings (SSSR count). The fourth-order valence-corrected chi connectivity index (χ4v) is 2.38. The first-order chi connectivity index (χ1) is 10.2. The van der Waals surface area contributed by atoms with Crippen molar-refractivity contribution in [1.29, 1.82) is 0 Å². The van der Waals surface area contributed by atoms with E-state index in [0.29, 0.717) is 0 Å². The lowest BCUT2D eigenvalue weighted by Crippen LogP contribution is -2.23. The van der Waals surface area contributed by atoms with Crippen molar-refractivity contribution < 1.29 is 9.13 Å². The van der Waals surface area contributed by atoms with Crippen LogP contribution < -0.4 is 10.1 Å². The van der Waals surface area contributed by atoms with Crippen molar-refractivity contribution in [2.24, 2.45) is 0 Å². The lowest BCUT2D eigenvalue weighted by atomic mass is 10.0. The molecular weight excluding hydrogens is 265 g/mol. The minimum absolute atomic E-state index is 0.188. The molecule has 0 fully saturated rings. The summed E-state index contributed by atoms with van der Waals surface area (Å²) >= 11 is 0. The Hall–Kier alpha value is -1.87. The maximum Gasteiger partial charge on any atom is 0.123 e. The van der Waals surface area contributed by atoms with E-state index in [1.54, 1.807) is 7.11 Å². The predicted octanol–water partition coefficient (Wildman–Crippen LogP) is 4.12. The molecule has 0 saturated heterocycles. The zero-order valence-corrected chi connectivity index (χ0v) is 12.6. The molecule has 0 spiro atoms. The van der Waals surface area contributed by atoms with Crippen molar-refractivity contribution in [3.05, 3.63) is 65.5 Å². The SMILES string of the molecule is CCC(NCCc1ccc(OC)cc1)c1ccc(F)cc1. The molecule has 2 nitrogen and oxygen atoms in total. The number of methoxy groups -OCH3 is 1. The van der Waals surface area contributed by atoms with Crippen molar-refractivity contribution in [1.82, 2.24) is 5.32 Å². The van der Waals surface area contributed by atoms with Gasteiger partial charge in [0, 0.05) is 6.04 Å². The molecule has 1 atom stereocenters. The van der Waals surface area contributed by atoms with Crippen LogP contribution in [0.3, 0.4) is 0 Å². The van der Waals surface area contributed by atoms with E-state index in [9.17, 15) is 4.39 Å². The summed E-state index contributed by atoms with van der Waals surface area (Å²) in [6.07, 6.45) is 1.94. The minimum Gasteiger partial charge on any atom is -0.497 e. The highest BCUT2D eigenvalue weighted by Crippen LogP contribution is 2.17. The van der Waals surface area contributed by atoms with E-state index in [2.05, 4.69) is 24.4 Å². The highest BCUT2D eigenvalue weighted by Gasteiger charge is 2.08. The van der Waals surface area contributed by atoms with Crippen molar-refractivity contribution in [2.75, 3.05) is 13.7 Å². The molecule has 0 saturated carbocycles. The average Bonchev–Trinajstić information content (AvgIpc) is 2.53. The third-order valence-corrected chi connectivity index (χ3v) is 3.64. The zero-order valence-electron chi connectivity index (χ0n) is 12.6. The zero-order chi connectivity index (χ0) is 15.1. The summed E-state index contributed by atoms with van der Waals surface area (Å²) in [5, 5.41) is 3.53. The van der Waals surface area contributed by atoms with Gasteiger partial charge in [0.2, 0.25) is 0 Å². The van der Waals surface area contributed by atoms with Crippen LogP contribution in [0, 0.1) is 5.82 Å². The van der Waals surface area contributed by atoms with Gasteiger partial charge in [0.25, 0.3) is 0 Å². The van der Waals surface area contributed by atoms with Gasteiger partial charge in [-0.3, -0.25) is 0 Å². The first-order valence-electron chi connectivity index (χ1n) is 7.34. The van der Waals surface area contributed by atoms with E-state index < -0.39 is 0 Å². The molecule has 0 radical (unpaired) electrons. The standard InChI is InChI=1S/C18H22FNO/c1-3-18(15-6-8-16(19)9-7-15)20-13-12-14-4-10-17(21-2)11-5-14/h4-11,18,20H,3,12-13H2,1-2H3. The van der Waals surface area contributed by atoms with Crippen LogP contribution in [0.2, 0.25) is 0 Å². The third kappa shape index (κ3) is 4.57. The molecule has 1 unspecified atom stereocenters. The molecule has 0 aliphatic heterocycles. The van der Waals surface area contributed by atoms with Crippen molar-refractivity contribution >= 4 is 0 Å². The van der Waals surface area contributed by atoms with Gasteiger partial charge in [-0.15, -0.1) is 0 Å². The van der Waals surface area contributed by atoms with Gasteiger partial charge in [0.05, 0.1) is 7.11 Å². The van der Waals surface area contributed by atoms with Gasteiger partial charge in [-0.2, -0.15) is 0 Å². The highest BCUT2D eigenvalue weighted by atomic mass is 19.1. The van der Waals surface area contributed by atoms with Gasteiger partial charge in [-0.05, 0) is 54.8 Å². The van der Waals surface area contributed by atoms with Crippen LogP contribution in [0.1, 0.15) is 30.5 Å². The lowest BCUT2D eigenvalue weighted by Gasteiger charge is -2.17. The number of ether oxygens (including phenoxy) is 1. The van der Waals surface area contributed by atoms with E-state index in [-0.39, 0.29) is 11.9 Å². The lowest BCUT2D eigenvalue weighted by molar-refractivity contribution is 0.414. The Balaban J connectivity index is 1.86. The first-order valence-corrected chi connectivity index (χ1v) is 7.34. The van der Waals surface area contributed by atoms with Crippen LogP contribution >= 0.6 is 0 Å². The Morgan fingerprint density at radius 1 is 1.05 bits per heavy atom. The second kappa shape index (κ2) is 7.79. The molecule has 2 aromatic carbocycles. The summed E-state index contributed by atoms with van der Waals surface area (Å²) in [5.74, 6) is 0.691. The van der Waals surface area contributed by atoms with Gasteiger partial charge in [-0.25, -0.2) is 4.39 Å². The Bertz CT molecular complexity index is 536. The number of hydrogen-bond acceptors (Lipinski definition) is 2. The Morgan fingerprint density at radius 2 is 1.71 bits per heavy atom. The van der Waals surface area contributed by atoms with Crippen molar-refractivity contribution in [3.63, 3.8) is 0 Å². The second-order valence-electron chi connectivity index (χ2n) is 5.06. The molecule has 0 heterocycles. The molecule has 0 bridgehead atoms. The summed E-state index contributed by atoms with van der Waals surface area (Å²) in [6, 6.07) is 15.1.